The fourth-order valence-electron chi connectivity index (χ4n) is 1.79. The summed E-state index contributed by atoms with van der Waals surface area (Å²) in [6.07, 6.45) is 7.10. The first-order chi connectivity index (χ1) is 7.68. The number of aromatic amines is 1. The van der Waals surface area contributed by atoms with Crippen molar-refractivity contribution >= 4 is 11.6 Å². The number of nitrogens with one attached hydrogen (secondary N) is 2. The number of amides is 1. The first-order valence-electron chi connectivity index (χ1n) is 5.45. The van der Waals surface area contributed by atoms with E-state index >= 15 is 0 Å². The number of nitrogens with zero attached hydrogens (tertiary/aromatic N) is 1. The zero-order valence-electron chi connectivity index (χ0n) is 9.29. The highest BCUT2D eigenvalue weighted by molar-refractivity contribution is 5.97. The third-order valence-electron chi connectivity index (χ3n) is 2.81. The minimum atomic E-state index is -0.192. The highest BCUT2D eigenvalue weighted by atomic mass is 16.2. The van der Waals surface area contributed by atoms with Crippen LogP contribution in [0.15, 0.2) is 12.2 Å². The first kappa shape index (κ1) is 10.7. The average Bonchev–Trinajstić information content (AvgIpc) is 2.61. The Balaban J connectivity index is 2.03. The molecule has 0 aliphatic heterocycles. The summed E-state index contributed by atoms with van der Waals surface area (Å²) in [4.78, 5) is 11.8. The number of rotatable bonds is 2. The van der Waals surface area contributed by atoms with E-state index in [0.717, 1.165) is 25.0 Å². The van der Waals surface area contributed by atoms with Crippen LogP contribution in [0.5, 0.6) is 0 Å². The summed E-state index contributed by atoms with van der Waals surface area (Å²) < 4.78 is 0. The van der Waals surface area contributed by atoms with Gasteiger partial charge in [0.05, 0.1) is 11.4 Å². The topological polar surface area (TPSA) is 83.8 Å². The molecular formula is C11H16N4O. The number of hydrogen-bond acceptors (Lipinski definition) is 3. The summed E-state index contributed by atoms with van der Waals surface area (Å²) in [5.41, 5.74) is 7.20. The fourth-order valence-corrected chi connectivity index (χ4v) is 1.79. The summed E-state index contributed by atoms with van der Waals surface area (Å²) in [6, 6.07) is 0.203. The number of aromatic nitrogens is 2. The van der Waals surface area contributed by atoms with Crippen molar-refractivity contribution in [2.75, 3.05) is 5.73 Å². The van der Waals surface area contributed by atoms with Crippen molar-refractivity contribution in [1.29, 1.82) is 0 Å². The monoisotopic (exact) mass is 220 g/mol. The molecule has 0 saturated heterocycles. The molecule has 2 rings (SSSR count). The molecule has 1 aromatic heterocycles. The van der Waals surface area contributed by atoms with Gasteiger partial charge in [0.15, 0.2) is 5.69 Å². The Hall–Kier alpha value is -1.78. The Morgan fingerprint density at radius 2 is 2.44 bits per heavy atom. The third-order valence-corrected chi connectivity index (χ3v) is 2.81. The van der Waals surface area contributed by atoms with Gasteiger partial charge in [-0.15, -0.1) is 0 Å². The lowest BCUT2D eigenvalue weighted by molar-refractivity contribution is 0.0930. The van der Waals surface area contributed by atoms with Crippen molar-refractivity contribution in [3.63, 3.8) is 0 Å². The van der Waals surface area contributed by atoms with Crippen LogP contribution in [0.1, 0.15) is 35.4 Å². The molecule has 0 saturated carbocycles. The van der Waals surface area contributed by atoms with Crippen molar-refractivity contribution in [3.8, 4) is 0 Å². The van der Waals surface area contributed by atoms with Crippen molar-refractivity contribution < 1.29 is 4.79 Å². The van der Waals surface area contributed by atoms with Crippen LogP contribution >= 0.6 is 0 Å². The molecule has 1 amide bonds. The molecule has 1 unspecified atom stereocenters. The minimum absolute atomic E-state index is 0.192. The van der Waals surface area contributed by atoms with Gasteiger partial charge in [-0.2, -0.15) is 5.10 Å². The predicted octanol–water partition coefficient (Wildman–Crippen LogP) is 1.14. The lowest BCUT2D eigenvalue weighted by Gasteiger charge is -2.18. The van der Waals surface area contributed by atoms with Crippen LogP contribution in [0, 0.1) is 6.92 Å². The third kappa shape index (κ3) is 2.08. The number of nitrogens with two attached hydrogens (primary N) is 1. The Morgan fingerprint density at radius 1 is 1.62 bits per heavy atom. The summed E-state index contributed by atoms with van der Waals surface area (Å²) in [7, 11) is 0. The van der Waals surface area contributed by atoms with Crippen LogP contribution in [-0.4, -0.2) is 22.1 Å². The molecule has 0 spiro atoms. The number of allylic oxidation sites excluding steroid dienone is 1. The van der Waals surface area contributed by atoms with Crippen molar-refractivity contribution in [1.82, 2.24) is 15.5 Å². The molecule has 1 atom stereocenters. The maximum absolute atomic E-state index is 11.8. The largest absolute Gasteiger partial charge is 0.395 e. The van der Waals surface area contributed by atoms with E-state index in [1.54, 1.807) is 6.92 Å². The Morgan fingerprint density at radius 3 is 3.00 bits per heavy atom. The second kappa shape index (κ2) is 4.38. The van der Waals surface area contributed by atoms with Crippen molar-refractivity contribution in [2.24, 2.45) is 0 Å². The molecule has 0 bridgehead atoms. The molecule has 4 N–H and O–H groups in total. The highest BCUT2D eigenvalue weighted by Crippen LogP contribution is 2.15. The van der Waals surface area contributed by atoms with Crippen LogP contribution in [-0.2, 0) is 0 Å². The number of nitrogen functional groups attached to an aromatic ring is 1. The molecule has 1 aliphatic carbocycles. The lowest BCUT2D eigenvalue weighted by atomic mass is 10.0. The molecule has 0 aromatic carbocycles. The van der Waals surface area contributed by atoms with Gasteiger partial charge in [0.25, 0.3) is 5.91 Å². The second-order valence-electron chi connectivity index (χ2n) is 4.07. The van der Waals surface area contributed by atoms with Gasteiger partial charge in [0, 0.05) is 6.04 Å². The van der Waals surface area contributed by atoms with E-state index in [4.69, 9.17) is 5.73 Å². The van der Waals surface area contributed by atoms with E-state index < -0.39 is 0 Å². The van der Waals surface area contributed by atoms with E-state index in [2.05, 4.69) is 27.7 Å². The molecule has 1 aliphatic rings. The average molecular weight is 220 g/mol. The number of anilines is 1. The Bertz CT molecular complexity index is 422. The molecule has 5 nitrogen and oxygen atoms in total. The first-order valence-corrected chi connectivity index (χ1v) is 5.45. The van der Waals surface area contributed by atoms with E-state index in [1.165, 1.54) is 0 Å². The molecular weight excluding hydrogens is 204 g/mol. The van der Waals surface area contributed by atoms with Gasteiger partial charge in [-0.05, 0) is 26.2 Å². The van der Waals surface area contributed by atoms with E-state index in [-0.39, 0.29) is 11.9 Å². The summed E-state index contributed by atoms with van der Waals surface area (Å²) in [5.74, 6) is -0.192. The summed E-state index contributed by atoms with van der Waals surface area (Å²) in [5, 5.41) is 9.54. The van der Waals surface area contributed by atoms with Gasteiger partial charge in [0.1, 0.15) is 0 Å². The number of carbonyl (C=O) groups excluding carboxylic acids is 1. The van der Waals surface area contributed by atoms with E-state index in [0.29, 0.717) is 11.4 Å². The number of carbonyl (C=O) groups is 1. The van der Waals surface area contributed by atoms with Crippen LogP contribution in [0.4, 0.5) is 5.69 Å². The fraction of sp³-hybridized carbons (Fsp3) is 0.455. The van der Waals surface area contributed by atoms with Gasteiger partial charge in [0.2, 0.25) is 0 Å². The quantitative estimate of drug-likeness (QED) is 0.653. The zero-order valence-corrected chi connectivity index (χ0v) is 9.29. The molecule has 1 aromatic rings. The summed E-state index contributed by atoms with van der Waals surface area (Å²) in [6.45, 7) is 1.79. The second-order valence-corrected chi connectivity index (χ2v) is 4.07. The minimum Gasteiger partial charge on any atom is -0.395 e. The zero-order chi connectivity index (χ0) is 11.5. The van der Waals surface area contributed by atoms with Gasteiger partial charge < -0.3 is 11.1 Å². The molecule has 16 heavy (non-hydrogen) atoms. The smallest absolute Gasteiger partial charge is 0.274 e. The van der Waals surface area contributed by atoms with Crippen LogP contribution in [0.25, 0.3) is 0 Å². The van der Waals surface area contributed by atoms with Crippen LogP contribution < -0.4 is 11.1 Å². The summed E-state index contributed by atoms with van der Waals surface area (Å²) >= 11 is 0. The maximum atomic E-state index is 11.8. The molecule has 5 heteroatoms. The molecule has 0 fully saturated rings. The van der Waals surface area contributed by atoms with Gasteiger partial charge in [-0.25, -0.2) is 0 Å². The Kier molecular flexibility index (Phi) is 2.94. The van der Waals surface area contributed by atoms with Gasteiger partial charge in [-0.1, -0.05) is 12.2 Å². The van der Waals surface area contributed by atoms with Crippen LogP contribution in [0.3, 0.4) is 0 Å². The lowest BCUT2D eigenvalue weighted by Crippen LogP contribution is -2.35. The maximum Gasteiger partial charge on any atom is 0.274 e. The number of H-pyrrole nitrogens is 1. The normalized spacial score (nSPS) is 19.7. The number of hydrogen-bond donors (Lipinski definition) is 3. The number of aryl methyl sites for hydroxylation is 1. The highest BCUT2D eigenvalue weighted by Gasteiger charge is 2.19. The van der Waals surface area contributed by atoms with Crippen molar-refractivity contribution in [3.05, 3.63) is 23.5 Å². The molecule has 0 radical (unpaired) electrons. The molecule has 1 heterocycles. The predicted molar refractivity (Wildman–Crippen MR) is 62.0 cm³/mol. The van der Waals surface area contributed by atoms with E-state index in [9.17, 15) is 4.79 Å². The van der Waals surface area contributed by atoms with Gasteiger partial charge >= 0.3 is 0 Å². The Labute approximate surface area is 94.1 Å². The van der Waals surface area contributed by atoms with Crippen LogP contribution in [0.2, 0.25) is 0 Å². The van der Waals surface area contributed by atoms with Gasteiger partial charge in [-0.3, -0.25) is 9.89 Å². The molecule has 86 valence electrons. The van der Waals surface area contributed by atoms with E-state index in [1.807, 2.05) is 0 Å². The standard InChI is InChI=1S/C11H16N4O/c1-7-9(12)10(15-14-7)11(16)13-8-5-3-2-4-6-8/h2-3,8H,4-6,12H2,1H3,(H,13,16)(H,14,15). The SMILES string of the molecule is Cc1[nH]nc(C(=O)NC2CC=CCC2)c1N. The van der Waals surface area contributed by atoms with Crippen molar-refractivity contribution in [2.45, 2.75) is 32.2 Å².